The van der Waals surface area contributed by atoms with Crippen LogP contribution in [0.15, 0.2) is 4.52 Å². The fourth-order valence-electron chi connectivity index (χ4n) is 3.35. The first-order chi connectivity index (χ1) is 10.5. The van der Waals surface area contributed by atoms with Gasteiger partial charge in [0.15, 0.2) is 0 Å². The van der Waals surface area contributed by atoms with Gasteiger partial charge in [-0.15, -0.1) is 0 Å². The van der Waals surface area contributed by atoms with Crippen LogP contribution in [-0.4, -0.2) is 46.9 Å². The molecule has 1 aliphatic rings. The molecule has 0 spiro atoms. The van der Waals surface area contributed by atoms with Crippen molar-refractivity contribution in [3.05, 3.63) is 17.0 Å². The van der Waals surface area contributed by atoms with Gasteiger partial charge in [-0.3, -0.25) is 0 Å². The quantitative estimate of drug-likeness (QED) is 0.875. The first-order valence-electron chi connectivity index (χ1n) is 8.12. The van der Waals surface area contributed by atoms with E-state index in [0.717, 1.165) is 42.8 Å². The lowest BCUT2D eigenvalue weighted by molar-refractivity contribution is 0.131. The molecule has 2 N–H and O–H groups in total. The molecule has 0 radical (unpaired) electrons. The van der Waals surface area contributed by atoms with Crippen LogP contribution in [0, 0.1) is 13.8 Å². The molecule has 1 fully saturated rings. The zero-order valence-electron chi connectivity index (χ0n) is 13.8. The molecule has 0 bridgehead atoms. The Morgan fingerprint density at radius 2 is 2.27 bits per heavy atom. The van der Waals surface area contributed by atoms with Crippen LogP contribution in [0.5, 0.6) is 0 Å². The van der Waals surface area contributed by atoms with E-state index in [1.807, 2.05) is 18.7 Å². The van der Waals surface area contributed by atoms with Crippen LogP contribution in [0.4, 0.5) is 4.79 Å². The Labute approximate surface area is 131 Å². The lowest BCUT2D eigenvalue weighted by atomic mass is 9.99. The number of amides is 2. The summed E-state index contributed by atoms with van der Waals surface area (Å²) in [6.45, 7) is 7.35. The Morgan fingerprint density at radius 3 is 2.91 bits per heavy atom. The number of nitrogens with one attached hydrogen (secondary N) is 1. The number of hydrogen-bond donors (Lipinski definition) is 2. The third kappa shape index (κ3) is 3.80. The molecule has 0 saturated carbocycles. The van der Waals surface area contributed by atoms with Crippen LogP contribution in [-0.2, 0) is 0 Å². The molecular formula is C16H27N3O3. The first-order valence-corrected chi connectivity index (χ1v) is 8.12. The van der Waals surface area contributed by atoms with Crippen molar-refractivity contribution in [2.45, 2.75) is 58.4 Å². The van der Waals surface area contributed by atoms with E-state index in [1.54, 1.807) is 0 Å². The van der Waals surface area contributed by atoms with E-state index in [9.17, 15) is 4.79 Å². The lowest BCUT2D eigenvalue weighted by Gasteiger charge is -2.35. The van der Waals surface area contributed by atoms with Crippen molar-refractivity contribution in [2.24, 2.45) is 0 Å². The highest BCUT2D eigenvalue weighted by Gasteiger charge is 2.26. The number of likely N-dealkylation sites (tertiary alicyclic amines) is 1. The SMILES string of the molecule is Cc1noc(C)c1C(C)CNC(=O)N1CCCCC1CCO. The highest BCUT2D eigenvalue weighted by Crippen LogP contribution is 2.23. The number of aryl methyl sites for hydroxylation is 2. The monoisotopic (exact) mass is 309 g/mol. The summed E-state index contributed by atoms with van der Waals surface area (Å²) in [7, 11) is 0. The van der Waals surface area contributed by atoms with E-state index >= 15 is 0 Å². The number of carbonyl (C=O) groups is 1. The van der Waals surface area contributed by atoms with Gasteiger partial charge in [-0.1, -0.05) is 12.1 Å². The molecule has 2 unspecified atom stereocenters. The zero-order valence-corrected chi connectivity index (χ0v) is 13.8. The predicted molar refractivity (Wildman–Crippen MR) is 83.8 cm³/mol. The van der Waals surface area contributed by atoms with Crippen LogP contribution in [0.3, 0.4) is 0 Å². The summed E-state index contributed by atoms with van der Waals surface area (Å²) in [5.74, 6) is 0.978. The van der Waals surface area contributed by atoms with E-state index in [0.29, 0.717) is 13.0 Å². The van der Waals surface area contributed by atoms with Gasteiger partial charge in [0.1, 0.15) is 5.76 Å². The normalized spacial score (nSPS) is 20.0. The average Bonchev–Trinajstić information content (AvgIpc) is 2.84. The van der Waals surface area contributed by atoms with Crippen molar-refractivity contribution < 1.29 is 14.4 Å². The molecule has 1 aromatic rings. The van der Waals surface area contributed by atoms with Crippen LogP contribution < -0.4 is 5.32 Å². The summed E-state index contributed by atoms with van der Waals surface area (Å²) >= 11 is 0. The van der Waals surface area contributed by atoms with Gasteiger partial charge in [0, 0.05) is 37.2 Å². The lowest BCUT2D eigenvalue weighted by Crippen LogP contribution is -2.49. The minimum absolute atomic E-state index is 0.0308. The van der Waals surface area contributed by atoms with E-state index < -0.39 is 0 Å². The molecule has 0 aromatic carbocycles. The van der Waals surface area contributed by atoms with E-state index in [1.165, 1.54) is 0 Å². The number of nitrogens with zero attached hydrogens (tertiary/aromatic N) is 2. The molecule has 1 saturated heterocycles. The minimum atomic E-state index is -0.0308. The second-order valence-electron chi connectivity index (χ2n) is 6.18. The van der Waals surface area contributed by atoms with Crippen molar-refractivity contribution in [2.75, 3.05) is 19.7 Å². The van der Waals surface area contributed by atoms with Gasteiger partial charge in [-0.05, 0) is 39.5 Å². The highest BCUT2D eigenvalue weighted by molar-refractivity contribution is 5.74. The number of hydrogen-bond acceptors (Lipinski definition) is 4. The van der Waals surface area contributed by atoms with Crippen LogP contribution in [0.1, 0.15) is 55.5 Å². The molecule has 0 aliphatic carbocycles. The van der Waals surface area contributed by atoms with Gasteiger partial charge in [0.05, 0.1) is 5.69 Å². The van der Waals surface area contributed by atoms with Crippen LogP contribution in [0.2, 0.25) is 0 Å². The number of carbonyl (C=O) groups excluding carboxylic acids is 1. The molecule has 1 aliphatic heterocycles. The minimum Gasteiger partial charge on any atom is -0.396 e. The number of aromatic nitrogens is 1. The number of piperidine rings is 1. The van der Waals surface area contributed by atoms with Crippen LogP contribution >= 0.6 is 0 Å². The van der Waals surface area contributed by atoms with Gasteiger partial charge in [-0.2, -0.15) is 0 Å². The summed E-state index contributed by atoms with van der Waals surface area (Å²) in [6, 6.07) is 0.130. The fourth-order valence-corrected chi connectivity index (χ4v) is 3.35. The first kappa shape index (κ1) is 16.8. The Morgan fingerprint density at radius 1 is 1.50 bits per heavy atom. The van der Waals surface area contributed by atoms with Gasteiger partial charge in [-0.25, -0.2) is 4.79 Å². The molecule has 22 heavy (non-hydrogen) atoms. The second kappa shape index (κ2) is 7.63. The van der Waals surface area contributed by atoms with Gasteiger partial charge in [0.25, 0.3) is 0 Å². The largest absolute Gasteiger partial charge is 0.396 e. The van der Waals surface area contributed by atoms with E-state index in [2.05, 4.69) is 17.4 Å². The average molecular weight is 309 g/mol. The molecule has 2 heterocycles. The van der Waals surface area contributed by atoms with Gasteiger partial charge >= 0.3 is 6.03 Å². The third-order valence-electron chi connectivity index (χ3n) is 4.49. The predicted octanol–water partition coefficient (Wildman–Crippen LogP) is 2.34. The van der Waals surface area contributed by atoms with Crippen LogP contribution in [0.25, 0.3) is 0 Å². The van der Waals surface area contributed by atoms with Crippen molar-refractivity contribution in [3.63, 3.8) is 0 Å². The Balaban J connectivity index is 1.91. The van der Waals surface area contributed by atoms with Gasteiger partial charge < -0.3 is 19.8 Å². The number of aliphatic hydroxyl groups is 1. The summed E-state index contributed by atoms with van der Waals surface area (Å²) in [5.41, 5.74) is 1.96. The summed E-state index contributed by atoms with van der Waals surface area (Å²) < 4.78 is 5.19. The molecule has 2 amide bonds. The topological polar surface area (TPSA) is 78.6 Å². The summed E-state index contributed by atoms with van der Waals surface area (Å²) in [6.07, 6.45) is 3.80. The van der Waals surface area contributed by atoms with Crippen molar-refractivity contribution >= 4 is 6.03 Å². The number of urea groups is 1. The third-order valence-corrected chi connectivity index (χ3v) is 4.49. The maximum absolute atomic E-state index is 12.4. The standard InChI is InChI=1S/C16H27N3O3/c1-11(15-12(2)18-22-13(15)3)10-17-16(21)19-8-5-4-6-14(19)7-9-20/h11,14,20H,4-10H2,1-3H3,(H,17,21). The molecule has 6 nitrogen and oxygen atoms in total. The zero-order chi connectivity index (χ0) is 16.1. The Bertz CT molecular complexity index is 479. The van der Waals surface area contributed by atoms with E-state index in [-0.39, 0.29) is 24.6 Å². The summed E-state index contributed by atoms with van der Waals surface area (Å²) in [5, 5.41) is 16.1. The molecule has 2 rings (SSSR count). The maximum Gasteiger partial charge on any atom is 0.317 e. The fraction of sp³-hybridized carbons (Fsp3) is 0.750. The second-order valence-corrected chi connectivity index (χ2v) is 6.18. The summed E-state index contributed by atoms with van der Waals surface area (Å²) in [4.78, 5) is 14.3. The maximum atomic E-state index is 12.4. The molecule has 6 heteroatoms. The Hall–Kier alpha value is -1.56. The molecular weight excluding hydrogens is 282 g/mol. The smallest absolute Gasteiger partial charge is 0.317 e. The molecule has 124 valence electrons. The molecule has 2 atom stereocenters. The van der Waals surface area contributed by atoms with E-state index in [4.69, 9.17) is 9.63 Å². The highest BCUT2D eigenvalue weighted by atomic mass is 16.5. The van der Waals surface area contributed by atoms with Crippen molar-refractivity contribution in [1.29, 1.82) is 0 Å². The Kier molecular flexibility index (Phi) is 5.83. The van der Waals surface area contributed by atoms with Crippen molar-refractivity contribution in [3.8, 4) is 0 Å². The number of aliphatic hydroxyl groups excluding tert-OH is 1. The van der Waals surface area contributed by atoms with Crippen molar-refractivity contribution in [1.82, 2.24) is 15.4 Å². The van der Waals surface area contributed by atoms with Gasteiger partial charge in [0.2, 0.25) is 0 Å². The molecule has 1 aromatic heterocycles. The number of rotatable bonds is 5.